The molecule has 0 radical (unpaired) electrons. The average molecular weight is 417 g/mol. The minimum absolute atomic E-state index is 0.160. The number of carbonyl (C=O) groups excluding carboxylic acids is 1. The Hall–Kier alpha value is -1.55. The first-order chi connectivity index (χ1) is 14.1. The number of likely N-dealkylation sites (tertiary alicyclic amines) is 1. The second-order valence-corrected chi connectivity index (χ2v) is 10.7. The lowest BCUT2D eigenvalue weighted by Crippen LogP contribution is -2.53. The summed E-state index contributed by atoms with van der Waals surface area (Å²) in [6, 6.07) is 8.45. The molecule has 1 amide bonds. The molecule has 1 aliphatic heterocycles. The molecule has 170 valence electrons. The highest BCUT2D eigenvalue weighted by molar-refractivity contribution is 5.79. The van der Waals surface area contributed by atoms with E-state index in [-0.39, 0.29) is 11.3 Å². The van der Waals surface area contributed by atoms with E-state index in [1.165, 1.54) is 24.8 Å². The first-order valence-electron chi connectivity index (χ1n) is 11.8. The fraction of sp³-hybridized carbons (Fsp3) is 0.731. The number of rotatable bonds is 12. The average Bonchev–Trinajstić information content (AvgIpc) is 2.65. The summed E-state index contributed by atoms with van der Waals surface area (Å²) < 4.78 is 5.87. The van der Waals surface area contributed by atoms with Crippen molar-refractivity contribution in [3.63, 3.8) is 0 Å². The van der Waals surface area contributed by atoms with Gasteiger partial charge in [0.25, 0.3) is 0 Å². The molecule has 4 heteroatoms. The molecule has 0 N–H and O–H groups in total. The van der Waals surface area contributed by atoms with Gasteiger partial charge in [0.2, 0.25) is 5.91 Å². The van der Waals surface area contributed by atoms with Crippen molar-refractivity contribution in [1.82, 2.24) is 9.80 Å². The van der Waals surface area contributed by atoms with Crippen molar-refractivity contribution in [2.24, 2.45) is 17.3 Å². The molecule has 0 atom stereocenters. The van der Waals surface area contributed by atoms with Crippen molar-refractivity contribution in [2.75, 3.05) is 33.3 Å². The normalized spacial score (nSPS) is 15.3. The molecule has 0 aromatic heterocycles. The fourth-order valence-electron chi connectivity index (χ4n) is 3.75. The maximum absolute atomic E-state index is 12.6. The highest BCUT2D eigenvalue weighted by Gasteiger charge is 2.34. The molecule has 1 saturated heterocycles. The monoisotopic (exact) mass is 416 g/mol. The second-order valence-electron chi connectivity index (χ2n) is 10.7. The van der Waals surface area contributed by atoms with Crippen molar-refractivity contribution in [3.8, 4) is 5.75 Å². The molecular formula is C26H44N2O2. The van der Waals surface area contributed by atoms with Crippen LogP contribution >= 0.6 is 0 Å². The van der Waals surface area contributed by atoms with Crippen LogP contribution in [0.15, 0.2) is 24.3 Å². The molecule has 0 unspecified atom stereocenters. The minimum atomic E-state index is 0.160. The van der Waals surface area contributed by atoms with E-state index in [2.05, 4.69) is 63.8 Å². The van der Waals surface area contributed by atoms with E-state index in [1.807, 2.05) is 11.9 Å². The van der Waals surface area contributed by atoms with Crippen molar-refractivity contribution < 1.29 is 9.53 Å². The molecule has 1 fully saturated rings. The number of hydrogen-bond acceptors (Lipinski definition) is 3. The molecule has 0 spiro atoms. The maximum atomic E-state index is 12.6. The Kier molecular flexibility index (Phi) is 9.67. The Morgan fingerprint density at radius 3 is 2.40 bits per heavy atom. The summed E-state index contributed by atoms with van der Waals surface area (Å²) in [7, 11) is 1.94. The van der Waals surface area contributed by atoms with Crippen LogP contribution in [0.4, 0.5) is 0 Å². The van der Waals surface area contributed by atoms with E-state index in [4.69, 9.17) is 4.74 Å². The van der Waals surface area contributed by atoms with E-state index >= 15 is 0 Å². The van der Waals surface area contributed by atoms with Crippen LogP contribution in [0.3, 0.4) is 0 Å². The van der Waals surface area contributed by atoms with Crippen LogP contribution in [0, 0.1) is 17.3 Å². The largest absolute Gasteiger partial charge is 0.494 e. The van der Waals surface area contributed by atoms with Crippen LogP contribution in [-0.2, 0) is 11.3 Å². The SMILES string of the molecule is CC(C)CCCCCOc1ccc(CN2CC(C(=O)N(C)CCC(C)(C)C)C2)cc1. The van der Waals surface area contributed by atoms with Gasteiger partial charge in [0.15, 0.2) is 0 Å². The van der Waals surface area contributed by atoms with Crippen LogP contribution in [0.1, 0.15) is 72.3 Å². The quantitative estimate of drug-likeness (QED) is 0.415. The standard InChI is InChI=1S/C26H44N2O2/c1-21(2)10-8-7-9-17-30-24-13-11-22(12-14-24)18-28-19-23(20-28)25(29)27(6)16-15-26(3,4)5/h11-14,21,23H,7-10,15-20H2,1-6H3. The Morgan fingerprint density at radius 2 is 1.80 bits per heavy atom. The number of ether oxygens (including phenoxy) is 1. The van der Waals surface area contributed by atoms with Gasteiger partial charge in [-0.05, 0) is 41.9 Å². The van der Waals surface area contributed by atoms with Gasteiger partial charge in [-0.25, -0.2) is 0 Å². The Labute approximate surface area is 185 Å². The van der Waals surface area contributed by atoms with E-state index in [0.29, 0.717) is 5.91 Å². The van der Waals surface area contributed by atoms with Crippen molar-refractivity contribution in [3.05, 3.63) is 29.8 Å². The summed E-state index contributed by atoms with van der Waals surface area (Å²) in [6.07, 6.45) is 6.02. The third kappa shape index (κ3) is 9.07. The predicted octanol–water partition coefficient (Wildman–Crippen LogP) is 5.61. The zero-order chi connectivity index (χ0) is 22.1. The molecule has 1 aromatic carbocycles. The van der Waals surface area contributed by atoms with Gasteiger partial charge in [0.1, 0.15) is 5.75 Å². The Morgan fingerprint density at radius 1 is 1.13 bits per heavy atom. The Balaban J connectivity index is 1.62. The molecule has 1 heterocycles. The van der Waals surface area contributed by atoms with E-state index < -0.39 is 0 Å². The molecule has 1 aromatic rings. The maximum Gasteiger partial charge on any atom is 0.228 e. The zero-order valence-electron chi connectivity index (χ0n) is 20.2. The van der Waals surface area contributed by atoms with Crippen molar-refractivity contribution >= 4 is 5.91 Å². The van der Waals surface area contributed by atoms with E-state index in [9.17, 15) is 4.79 Å². The van der Waals surface area contributed by atoms with Crippen LogP contribution in [0.25, 0.3) is 0 Å². The minimum Gasteiger partial charge on any atom is -0.494 e. The number of carbonyl (C=O) groups is 1. The Bertz CT molecular complexity index is 627. The third-order valence-corrected chi connectivity index (χ3v) is 5.90. The third-order valence-electron chi connectivity index (χ3n) is 5.90. The predicted molar refractivity (Wildman–Crippen MR) is 126 cm³/mol. The van der Waals surface area contributed by atoms with Gasteiger partial charge < -0.3 is 9.64 Å². The molecule has 0 bridgehead atoms. The summed E-state index contributed by atoms with van der Waals surface area (Å²) in [5, 5.41) is 0. The molecule has 0 aliphatic carbocycles. The molecule has 1 aliphatic rings. The smallest absolute Gasteiger partial charge is 0.228 e. The summed E-state index contributed by atoms with van der Waals surface area (Å²) in [4.78, 5) is 16.8. The molecule has 0 saturated carbocycles. The summed E-state index contributed by atoms with van der Waals surface area (Å²) in [5.74, 6) is 2.22. The van der Waals surface area contributed by atoms with Gasteiger partial charge >= 0.3 is 0 Å². The topological polar surface area (TPSA) is 32.8 Å². The highest BCUT2D eigenvalue weighted by atomic mass is 16.5. The van der Waals surface area contributed by atoms with Gasteiger partial charge in [0, 0.05) is 33.2 Å². The first-order valence-corrected chi connectivity index (χ1v) is 11.8. The van der Waals surface area contributed by atoms with Crippen molar-refractivity contribution in [1.29, 1.82) is 0 Å². The summed E-state index contributed by atoms with van der Waals surface area (Å²) in [6.45, 7) is 15.5. The molecule has 30 heavy (non-hydrogen) atoms. The van der Waals surface area contributed by atoms with Gasteiger partial charge in [-0.2, -0.15) is 0 Å². The van der Waals surface area contributed by atoms with Crippen molar-refractivity contribution in [2.45, 2.75) is 73.3 Å². The number of benzene rings is 1. The van der Waals surface area contributed by atoms with Crippen LogP contribution < -0.4 is 4.74 Å². The van der Waals surface area contributed by atoms with Crippen LogP contribution in [-0.4, -0.2) is 49.0 Å². The first kappa shape index (κ1) is 24.7. The van der Waals surface area contributed by atoms with Gasteiger partial charge in [-0.15, -0.1) is 0 Å². The molecule has 4 nitrogen and oxygen atoms in total. The van der Waals surface area contributed by atoms with Gasteiger partial charge in [0.05, 0.1) is 12.5 Å². The number of nitrogens with zero attached hydrogens (tertiary/aromatic N) is 2. The summed E-state index contributed by atoms with van der Waals surface area (Å²) >= 11 is 0. The van der Waals surface area contributed by atoms with E-state index in [0.717, 1.165) is 57.3 Å². The molecular weight excluding hydrogens is 372 g/mol. The van der Waals surface area contributed by atoms with E-state index in [1.54, 1.807) is 0 Å². The van der Waals surface area contributed by atoms with Crippen LogP contribution in [0.5, 0.6) is 5.75 Å². The lowest BCUT2D eigenvalue weighted by Gasteiger charge is -2.40. The fourth-order valence-corrected chi connectivity index (χ4v) is 3.75. The lowest BCUT2D eigenvalue weighted by atomic mass is 9.91. The zero-order valence-corrected chi connectivity index (χ0v) is 20.2. The van der Waals surface area contributed by atoms with Crippen LogP contribution in [0.2, 0.25) is 0 Å². The number of unbranched alkanes of at least 4 members (excludes halogenated alkanes) is 2. The molecule has 2 rings (SSSR count). The van der Waals surface area contributed by atoms with Gasteiger partial charge in [-0.3, -0.25) is 9.69 Å². The van der Waals surface area contributed by atoms with Gasteiger partial charge in [-0.1, -0.05) is 66.0 Å². The second kappa shape index (κ2) is 11.7. The highest BCUT2D eigenvalue weighted by Crippen LogP contribution is 2.23. The lowest BCUT2D eigenvalue weighted by molar-refractivity contribution is -0.140. The number of hydrogen-bond donors (Lipinski definition) is 0. The number of amides is 1. The summed E-state index contributed by atoms with van der Waals surface area (Å²) in [5.41, 5.74) is 1.55.